The largest absolute Gasteiger partial charge is 0.384 e. The first kappa shape index (κ1) is 19.9. The van der Waals surface area contributed by atoms with Crippen LogP contribution in [-0.2, 0) is 16.0 Å². The van der Waals surface area contributed by atoms with E-state index in [1.165, 1.54) is 12.4 Å². The van der Waals surface area contributed by atoms with Gasteiger partial charge in [-0.1, -0.05) is 18.2 Å². The number of pyridine rings is 1. The van der Waals surface area contributed by atoms with E-state index >= 15 is 0 Å². The number of halogens is 1. The predicted molar refractivity (Wildman–Crippen MR) is 110 cm³/mol. The molecule has 8 heteroatoms. The first-order valence-corrected chi connectivity index (χ1v) is 9.76. The summed E-state index contributed by atoms with van der Waals surface area (Å²) in [5.74, 6) is 0.0829. The van der Waals surface area contributed by atoms with Gasteiger partial charge >= 0.3 is 0 Å². The second-order valence-electron chi connectivity index (χ2n) is 7.08. The van der Waals surface area contributed by atoms with E-state index in [9.17, 15) is 9.18 Å². The van der Waals surface area contributed by atoms with Gasteiger partial charge in [0.1, 0.15) is 24.1 Å². The quantitative estimate of drug-likeness (QED) is 0.699. The van der Waals surface area contributed by atoms with E-state index in [1.807, 2.05) is 6.07 Å². The van der Waals surface area contributed by atoms with Crippen molar-refractivity contribution in [3.63, 3.8) is 0 Å². The van der Waals surface area contributed by atoms with E-state index in [4.69, 9.17) is 10.5 Å². The third-order valence-electron chi connectivity index (χ3n) is 5.13. The van der Waals surface area contributed by atoms with E-state index in [2.05, 4.69) is 15.0 Å². The van der Waals surface area contributed by atoms with Gasteiger partial charge in [0.05, 0.1) is 18.8 Å². The van der Waals surface area contributed by atoms with E-state index in [0.717, 1.165) is 11.1 Å². The maximum atomic E-state index is 13.8. The molecule has 1 aliphatic rings. The van der Waals surface area contributed by atoms with Crippen LogP contribution in [0.25, 0.3) is 11.1 Å². The van der Waals surface area contributed by atoms with Gasteiger partial charge in [-0.15, -0.1) is 0 Å². The monoisotopic (exact) mass is 407 g/mol. The molecule has 4 rings (SSSR count). The molecule has 0 saturated carbocycles. The Kier molecular flexibility index (Phi) is 5.94. The molecular weight excluding hydrogens is 385 g/mol. The van der Waals surface area contributed by atoms with E-state index < -0.39 is 0 Å². The highest BCUT2D eigenvalue weighted by molar-refractivity contribution is 5.76. The standard InChI is InChI=1S/C22H22FN5O2/c23-18-4-2-1-3-15(18)5-6-21(29)28-9-10-30-19(13-28)22-17(12-25-14-27-22)16-7-8-26-20(24)11-16/h1-4,7-8,11-12,14,19H,5-6,9-10,13H2,(H2,24,26). The van der Waals surface area contributed by atoms with Crippen LogP contribution in [0.15, 0.2) is 55.1 Å². The molecule has 1 aromatic carbocycles. The van der Waals surface area contributed by atoms with Crippen LogP contribution in [0.4, 0.5) is 10.2 Å². The number of aryl methyl sites for hydroxylation is 1. The molecule has 1 saturated heterocycles. The van der Waals surface area contributed by atoms with Gasteiger partial charge in [0.15, 0.2) is 0 Å². The van der Waals surface area contributed by atoms with Gasteiger partial charge in [-0.2, -0.15) is 0 Å². The Balaban J connectivity index is 1.48. The minimum absolute atomic E-state index is 0.0321. The second-order valence-corrected chi connectivity index (χ2v) is 7.08. The van der Waals surface area contributed by atoms with Gasteiger partial charge in [0.2, 0.25) is 5.91 Å². The van der Waals surface area contributed by atoms with Crippen molar-refractivity contribution in [2.45, 2.75) is 18.9 Å². The highest BCUT2D eigenvalue weighted by Gasteiger charge is 2.28. The van der Waals surface area contributed by atoms with Crippen LogP contribution >= 0.6 is 0 Å². The van der Waals surface area contributed by atoms with Gasteiger partial charge in [0, 0.05) is 30.9 Å². The van der Waals surface area contributed by atoms with Crippen LogP contribution < -0.4 is 5.73 Å². The number of nitrogens with two attached hydrogens (primary N) is 1. The number of nitrogens with zero attached hydrogens (tertiary/aromatic N) is 4. The number of rotatable bonds is 5. The van der Waals surface area contributed by atoms with Crippen molar-refractivity contribution in [1.82, 2.24) is 19.9 Å². The molecule has 1 fully saturated rings. The molecule has 0 aliphatic carbocycles. The summed E-state index contributed by atoms with van der Waals surface area (Å²) < 4.78 is 19.8. The molecule has 2 aromatic heterocycles. The van der Waals surface area contributed by atoms with Gasteiger partial charge in [-0.05, 0) is 35.7 Å². The van der Waals surface area contributed by atoms with Crippen molar-refractivity contribution in [2.75, 3.05) is 25.4 Å². The lowest BCUT2D eigenvalue weighted by molar-refractivity contribution is -0.139. The van der Waals surface area contributed by atoms with Gasteiger partial charge < -0.3 is 15.4 Å². The highest BCUT2D eigenvalue weighted by Crippen LogP contribution is 2.30. The number of benzene rings is 1. The fraction of sp³-hybridized carbons (Fsp3) is 0.273. The van der Waals surface area contributed by atoms with E-state index in [1.54, 1.807) is 41.6 Å². The Labute approximate surface area is 173 Å². The first-order valence-electron chi connectivity index (χ1n) is 9.76. The molecule has 3 aromatic rings. The molecule has 30 heavy (non-hydrogen) atoms. The van der Waals surface area contributed by atoms with E-state index in [0.29, 0.717) is 43.2 Å². The number of hydrogen-bond donors (Lipinski definition) is 1. The molecule has 0 bridgehead atoms. The molecule has 0 spiro atoms. The molecule has 7 nitrogen and oxygen atoms in total. The zero-order chi connectivity index (χ0) is 20.9. The lowest BCUT2D eigenvalue weighted by atomic mass is 10.0. The Morgan fingerprint density at radius 2 is 2.13 bits per heavy atom. The number of hydrogen-bond acceptors (Lipinski definition) is 6. The maximum absolute atomic E-state index is 13.8. The van der Waals surface area contributed by atoms with Gasteiger partial charge in [-0.25, -0.2) is 19.3 Å². The van der Waals surface area contributed by atoms with Crippen LogP contribution in [0.2, 0.25) is 0 Å². The van der Waals surface area contributed by atoms with Crippen LogP contribution in [0.3, 0.4) is 0 Å². The smallest absolute Gasteiger partial charge is 0.223 e. The Morgan fingerprint density at radius 3 is 2.97 bits per heavy atom. The predicted octanol–water partition coefficient (Wildman–Crippen LogP) is 2.79. The fourth-order valence-electron chi connectivity index (χ4n) is 3.58. The molecular formula is C22H22FN5O2. The van der Waals surface area contributed by atoms with E-state index in [-0.39, 0.29) is 24.2 Å². The summed E-state index contributed by atoms with van der Waals surface area (Å²) in [6.07, 6.45) is 5.02. The highest BCUT2D eigenvalue weighted by atomic mass is 19.1. The molecule has 0 radical (unpaired) electrons. The summed E-state index contributed by atoms with van der Waals surface area (Å²) in [6, 6.07) is 10.1. The molecule has 154 valence electrons. The van der Waals surface area contributed by atoms with Crippen molar-refractivity contribution >= 4 is 11.7 Å². The zero-order valence-corrected chi connectivity index (χ0v) is 16.4. The molecule has 2 N–H and O–H groups in total. The minimum atomic E-state index is -0.386. The van der Waals surface area contributed by atoms with Crippen LogP contribution in [-0.4, -0.2) is 45.5 Å². The summed E-state index contributed by atoms with van der Waals surface area (Å²) in [6.45, 7) is 1.27. The van der Waals surface area contributed by atoms with Crippen LogP contribution in [0.5, 0.6) is 0 Å². The minimum Gasteiger partial charge on any atom is -0.384 e. The fourth-order valence-corrected chi connectivity index (χ4v) is 3.58. The van der Waals surface area contributed by atoms with Gasteiger partial charge in [-0.3, -0.25) is 4.79 Å². The maximum Gasteiger partial charge on any atom is 0.223 e. The Morgan fingerprint density at radius 1 is 1.27 bits per heavy atom. The average Bonchev–Trinajstić information content (AvgIpc) is 2.78. The third-order valence-corrected chi connectivity index (χ3v) is 5.13. The number of carbonyl (C=O) groups excluding carboxylic acids is 1. The van der Waals surface area contributed by atoms with Crippen LogP contribution in [0, 0.1) is 5.82 Å². The topological polar surface area (TPSA) is 94.2 Å². The number of carbonyl (C=O) groups is 1. The Bertz CT molecular complexity index is 1050. The second kappa shape index (κ2) is 8.96. The number of aromatic nitrogens is 3. The molecule has 3 heterocycles. The molecule has 1 unspecified atom stereocenters. The number of morpholine rings is 1. The Hall–Kier alpha value is -3.39. The number of amides is 1. The number of ether oxygens (including phenoxy) is 1. The summed E-state index contributed by atoms with van der Waals surface area (Å²) >= 11 is 0. The number of nitrogen functional groups attached to an aromatic ring is 1. The van der Waals surface area contributed by atoms with Crippen molar-refractivity contribution < 1.29 is 13.9 Å². The summed E-state index contributed by atoms with van der Waals surface area (Å²) in [4.78, 5) is 27.1. The normalized spacial score (nSPS) is 16.4. The van der Waals surface area contributed by atoms with Crippen molar-refractivity contribution in [3.8, 4) is 11.1 Å². The van der Waals surface area contributed by atoms with Crippen molar-refractivity contribution in [3.05, 3.63) is 72.2 Å². The lowest BCUT2D eigenvalue weighted by Crippen LogP contribution is -2.42. The molecule has 1 aliphatic heterocycles. The van der Waals surface area contributed by atoms with Gasteiger partial charge in [0.25, 0.3) is 0 Å². The lowest BCUT2D eigenvalue weighted by Gasteiger charge is -2.33. The number of anilines is 1. The summed E-state index contributed by atoms with van der Waals surface area (Å²) in [5, 5.41) is 0. The van der Waals surface area contributed by atoms with Crippen LogP contribution in [0.1, 0.15) is 23.8 Å². The summed E-state index contributed by atoms with van der Waals surface area (Å²) in [7, 11) is 0. The SMILES string of the molecule is Nc1cc(-c2cncnc2C2CN(C(=O)CCc3ccccc3F)CCO2)ccn1. The zero-order valence-electron chi connectivity index (χ0n) is 16.4. The van der Waals surface area contributed by atoms with Crippen molar-refractivity contribution in [1.29, 1.82) is 0 Å². The molecule has 1 atom stereocenters. The molecule has 1 amide bonds. The summed E-state index contributed by atoms with van der Waals surface area (Å²) in [5.41, 5.74) is 8.68. The third kappa shape index (κ3) is 4.44. The van der Waals surface area contributed by atoms with Crippen molar-refractivity contribution in [2.24, 2.45) is 0 Å². The first-order chi connectivity index (χ1) is 14.6. The average molecular weight is 407 g/mol.